The number of nitrogens with zero attached hydrogens (tertiary/aromatic N) is 3. The summed E-state index contributed by atoms with van der Waals surface area (Å²) in [6, 6.07) is 0. The van der Waals surface area contributed by atoms with Crippen LogP contribution in [0.15, 0.2) is 0 Å². The molecule has 0 N–H and O–H groups in total. The summed E-state index contributed by atoms with van der Waals surface area (Å²) in [5.74, 6) is 0.694. The Labute approximate surface area is 125 Å². The standard InChI is InChI=1S/C13H19BrF3N3/c1-2-7-20-11(8-14)18-19-12(20)9-3-5-10(6-4-9)13(15,16)17/h9-10H,2-8H2,1H3. The molecule has 0 bridgehead atoms. The average Bonchev–Trinajstić information content (AvgIpc) is 2.81. The van der Waals surface area contributed by atoms with E-state index in [2.05, 4.69) is 37.6 Å². The molecule has 0 unspecified atom stereocenters. The first-order chi connectivity index (χ1) is 9.47. The van der Waals surface area contributed by atoms with Crippen molar-refractivity contribution in [1.82, 2.24) is 14.8 Å². The number of hydrogen-bond acceptors (Lipinski definition) is 2. The van der Waals surface area contributed by atoms with E-state index >= 15 is 0 Å². The lowest BCUT2D eigenvalue weighted by Gasteiger charge is -2.29. The quantitative estimate of drug-likeness (QED) is 0.750. The smallest absolute Gasteiger partial charge is 0.314 e. The van der Waals surface area contributed by atoms with Crippen LogP contribution in [-0.2, 0) is 11.9 Å². The minimum absolute atomic E-state index is 0.112. The van der Waals surface area contributed by atoms with E-state index in [0.29, 0.717) is 18.2 Å². The lowest BCUT2D eigenvalue weighted by molar-refractivity contribution is -0.182. The van der Waals surface area contributed by atoms with E-state index in [1.54, 1.807) is 0 Å². The Kier molecular flexibility index (Phi) is 5.09. The van der Waals surface area contributed by atoms with Crippen molar-refractivity contribution in [3.63, 3.8) is 0 Å². The molecular weight excluding hydrogens is 335 g/mol. The lowest BCUT2D eigenvalue weighted by Crippen LogP contribution is -2.28. The molecule has 0 aliphatic heterocycles. The van der Waals surface area contributed by atoms with Crippen LogP contribution in [0.4, 0.5) is 13.2 Å². The first-order valence-electron chi connectivity index (χ1n) is 7.02. The number of aromatic nitrogens is 3. The largest absolute Gasteiger partial charge is 0.391 e. The molecule has 20 heavy (non-hydrogen) atoms. The molecule has 7 heteroatoms. The van der Waals surface area contributed by atoms with E-state index < -0.39 is 12.1 Å². The minimum atomic E-state index is -4.05. The summed E-state index contributed by atoms with van der Waals surface area (Å²) >= 11 is 3.38. The molecular formula is C13H19BrF3N3. The van der Waals surface area contributed by atoms with Gasteiger partial charge in [-0.25, -0.2) is 0 Å². The highest BCUT2D eigenvalue weighted by Gasteiger charge is 2.42. The average molecular weight is 354 g/mol. The molecule has 1 aliphatic rings. The summed E-state index contributed by atoms with van der Waals surface area (Å²) in [5, 5.41) is 8.98. The molecule has 0 radical (unpaired) electrons. The predicted octanol–water partition coefficient (Wildman–Crippen LogP) is 4.42. The maximum atomic E-state index is 12.7. The molecule has 1 heterocycles. The summed E-state index contributed by atoms with van der Waals surface area (Å²) in [5.41, 5.74) is 0. The first kappa shape index (κ1) is 15.8. The van der Waals surface area contributed by atoms with E-state index in [-0.39, 0.29) is 18.8 Å². The van der Waals surface area contributed by atoms with E-state index in [1.165, 1.54) is 0 Å². The van der Waals surface area contributed by atoms with Crippen molar-refractivity contribution in [2.75, 3.05) is 0 Å². The lowest BCUT2D eigenvalue weighted by atomic mass is 9.81. The molecule has 114 valence electrons. The molecule has 1 aromatic heterocycles. The third-order valence-corrected chi connectivity index (χ3v) is 4.48. The molecule has 1 saturated carbocycles. The summed E-state index contributed by atoms with van der Waals surface area (Å²) in [6.45, 7) is 2.89. The van der Waals surface area contributed by atoms with Crippen molar-refractivity contribution in [2.24, 2.45) is 5.92 Å². The van der Waals surface area contributed by atoms with E-state index in [1.807, 2.05) is 0 Å². The van der Waals surface area contributed by atoms with Gasteiger partial charge in [0.2, 0.25) is 0 Å². The number of alkyl halides is 4. The normalized spacial score (nSPS) is 24.1. The van der Waals surface area contributed by atoms with E-state index in [4.69, 9.17) is 0 Å². The number of hydrogen-bond donors (Lipinski definition) is 0. The zero-order valence-electron chi connectivity index (χ0n) is 11.5. The van der Waals surface area contributed by atoms with Crippen LogP contribution in [0.1, 0.15) is 56.6 Å². The van der Waals surface area contributed by atoms with Gasteiger partial charge in [0.1, 0.15) is 11.6 Å². The Morgan fingerprint density at radius 1 is 1.20 bits per heavy atom. The Hall–Kier alpha value is -0.590. The van der Waals surface area contributed by atoms with Gasteiger partial charge in [-0.05, 0) is 32.1 Å². The molecule has 0 spiro atoms. The van der Waals surface area contributed by atoms with Gasteiger partial charge < -0.3 is 4.57 Å². The molecule has 2 rings (SSSR count). The third kappa shape index (κ3) is 3.35. The van der Waals surface area contributed by atoms with Crippen molar-refractivity contribution in [3.8, 4) is 0 Å². The minimum Gasteiger partial charge on any atom is -0.314 e. The second kappa shape index (κ2) is 6.45. The van der Waals surface area contributed by atoms with Crippen molar-refractivity contribution in [1.29, 1.82) is 0 Å². The number of halogens is 4. The zero-order valence-corrected chi connectivity index (χ0v) is 13.0. The fourth-order valence-electron chi connectivity index (χ4n) is 2.90. The van der Waals surface area contributed by atoms with E-state index in [9.17, 15) is 13.2 Å². The summed E-state index contributed by atoms with van der Waals surface area (Å²) < 4.78 is 40.1. The Morgan fingerprint density at radius 3 is 2.35 bits per heavy atom. The fourth-order valence-corrected chi connectivity index (χ4v) is 3.31. The van der Waals surface area contributed by atoms with Crippen LogP contribution < -0.4 is 0 Å². The van der Waals surface area contributed by atoms with Crippen LogP contribution >= 0.6 is 15.9 Å². The highest BCUT2D eigenvalue weighted by Crippen LogP contribution is 2.42. The zero-order chi connectivity index (χ0) is 14.8. The van der Waals surface area contributed by atoms with Crippen LogP contribution in [0.25, 0.3) is 0 Å². The predicted molar refractivity (Wildman–Crippen MR) is 73.7 cm³/mol. The van der Waals surface area contributed by atoms with Crippen LogP contribution in [0.2, 0.25) is 0 Å². The van der Waals surface area contributed by atoms with Gasteiger partial charge in [0.15, 0.2) is 0 Å². The van der Waals surface area contributed by atoms with Crippen molar-refractivity contribution >= 4 is 15.9 Å². The topological polar surface area (TPSA) is 30.7 Å². The van der Waals surface area contributed by atoms with E-state index in [0.717, 1.165) is 24.6 Å². The first-order valence-corrected chi connectivity index (χ1v) is 8.14. The Bertz CT molecular complexity index is 437. The van der Waals surface area contributed by atoms with Gasteiger partial charge in [0.25, 0.3) is 0 Å². The molecule has 0 amide bonds. The van der Waals surface area contributed by atoms with Crippen molar-refractivity contribution in [2.45, 2.75) is 63.0 Å². The monoisotopic (exact) mass is 353 g/mol. The maximum absolute atomic E-state index is 12.7. The maximum Gasteiger partial charge on any atom is 0.391 e. The molecule has 1 aromatic rings. The van der Waals surface area contributed by atoms with Gasteiger partial charge >= 0.3 is 6.18 Å². The van der Waals surface area contributed by atoms with Crippen LogP contribution in [0.3, 0.4) is 0 Å². The van der Waals surface area contributed by atoms with Crippen LogP contribution in [0, 0.1) is 5.92 Å². The van der Waals surface area contributed by atoms with Gasteiger partial charge in [-0.1, -0.05) is 22.9 Å². The highest BCUT2D eigenvalue weighted by atomic mass is 79.9. The van der Waals surface area contributed by atoms with Gasteiger partial charge in [0.05, 0.1) is 11.2 Å². The SMILES string of the molecule is CCCn1c(CBr)nnc1C1CCC(C(F)(F)F)CC1. The van der Waals surface area contributed by atoms with Crippen molar-refractivity contribution in [3.05, 3.63) is 11.6 Å². The number of rotatable bonds is 4. The summed E-state index contributed by atoms with van der Waals surface area (Å²) in [6.07, 6.45) is -1.58. The Morgan fingerprint density at radius 2 is 1.85 bits per heavy atom. The molecule has 1 aliphatic carbocycles. The summed E-state index contributed by atoms with van der Waals surface area (Å²) in [7, 11) is 0. The van der Waals surface area contributed by atoms with Crippen molar-refractivity contribution < 1.29 is 13.2 Å². The second-order valence-electron chi connectivity index (χ2n) is 5.35. The molecule has 0 aromatic carbocycles. The van der Waals surface area contributed by atoms with Gasteiger partial charge in [-0.2, -0.15) is 13.2 Å². The molecule has 1 fully saturated rings. The third-order valence-electron chi connectivity index (χ3n) is 3.98. The fraction of sp³-hybridized carbons (Fsp3) is 0.846. The molecule has 3 nitrogen and oxygen atoms in total. The molecule has 0 atom stereocenters. The van der Waals surface area contributed by atoms with Gasteiger partial charge in [-0.3, -0.25) is 0 Å². The van der Waals surface area contributed by atoms with Crippen LogP contribution in [0.5, 0.6) is 0 Å². The molecule has 0 saturated heterocycles. The van der Waals surface area contributed by atoms with Crippen LogP contribution in [-0.4, -0.2) is 20.9 Å². The highest BCUT2D eigenvalue weighted by molar-refractivity contribution is 9.08. The summed E-state index contributed by atoms with van der Waals surface area (Å²) in [4.78, 5) is 0. The van der Waals surface area contributed by atoms with Gasteiger partial charge in [-0.15, -0.1) is 10.2 Å². The Balaban J connectivity index is 2.09. The second-order valence-corrected chi connectivity index (χ2v) is 5.91. The van der Waals surface area contributed by atoms with Gasteiger partial charge in [0, 0.05) is 12.5 Å².